The Balaban J connectivity index is 3.01. The molecule has 0 amide bonds. The molecule has 1 atom stereocenters. The minimum Gasteiger partial charge on any atom is -0.481 e. The van der Waals surface area contributed by atoms with Gasteiger partial charge in [-0.05, 0) is 44.9 Å². The molecule has 0 heterocycles. The van der Waals surface area contributed by atoms with Gasteiger partial charge in [-0.25, -0.2) is 8.78 Å². The topological polar surface area (TPSA) is 63.3 Å². The molecule has 1 unspecified atom stereocenters. The summed E-state index contributed by atoms with van der Waals surface area (Å²) in [5.41, 5.74) is 4.88. The molecule has 3 N–H and O–H groups in total. The maximum atomic E-state index is 13.7. The van der Waals surface area contributed by atoms with E-state index in [-0.39, 0.29) is 17.5 Å². The predicted molar refractivity (Wildman–Crippen MR) is 64.1 cm³/mol. The number of rotatable bonds is 4. The van der Waals surface area contributed by atoms with E-state index in [0.717, 1.165) is 12.1 Å². The van der Waals surface area contributed by atoms with Crippen LogP contribution in [-0.4, -0.2) is 11.1 Å². The summed E-state index contributed by atoms with van der Waals surface area (Å²) < 4.78 is 27.0. The maximum Gasteiger partial charge on any atom is 0.309 e. The molecule has 0 saturated heterocycles. The van der Waals surface area contributed by atoms with Gasteiger partial charge in [-0.15, -0.1) is 0 Å². The van der Waals surface area contributed by atoms with Crippen molar-refractivity contribution in [2.45, 2.75) is 33.2 Å². The van der Waals surface area contributed by atoms with E-state index in [1.54, 1.807) is 0 Å². The average Bonchev–Trinajstić information content (AvgIpc) is 2.22. The summed E-state index contributed by atoms with van der Waals surface area (Å²) >= 11 is 0. The molecule has 0 saturated carbocycles. The van der Waals surface area contributed by atoms with Crippen LogP contribution in [0.5, 0.6) is 0 Å². The SMILES string of the molecule is Cc1cc(F)c(C(N)CC(C)(C)C(=O)O)cc1F. The highest BCUT2D eigenvalue weighted by Crippen LogP contribution is 2.30. The fourth-order valence-electron chi connectivity index (χ4n) is 1.69. The van der Waals surface area contributed by atoms with Crippen LogP contribution < -0.4 is 5.73 Å². The molecule has 0 aliphatic carbocycles. The lowest BCUT2D eigenvalue weighted by molar-refractivity contribution is -0.147. The highest BCUT2D eigenvalue weighted by molar-refractivity contribution is 5.73. The monoisotopic (exact) mass is 257 g/mol. The van der Waals surface area contributed by atoms with Crippen molar-refractivity contribution in [2.75, 3.05) is 0 Å². The standard InChI is InChI=1S/C13H17F2NO2/c1-7-4-10(15)8(5-9(7)14)11(16)6-13(2,3)12(17)18/h4-5,11H,6,16H2,1-3H3,(H,17,18). The van der Waals surface area contributed by atoms with Gasteiger partial charge in [0.25, 0.3) is 0 Å². The summed E-state index contributed by atoms with van der Waals surface area (Å²) in [6.07, 6.45) is 0.0295. The molecule has 0 aliphatic rings. The molecule has 3 nitrogen and oxygen atoms in total. The number of carbonyl (C=O) groups is 1. The van der Waals surface area contributed by atoms with Crippen molar-refractivity contribution in [2.24, 2.45) is 11.1 Å². The van der Waals surface area contributed by atoms with Crippen molar-refractivity contribution in [3.63, 3.8) is 0 Å². The van der Waals surface area contributed by atoms with Crippen LogP contribution in [0.3, 0.4) is 0 Å². The van der Waals surface area contributed by atoms with Crippen LogP contribution in [0.25, 0.3) is 0 Å². The fourth-order valence-corrected chi connectivity index (χ4v) is 1.69. The Bertz CT molecular complexity index is 472. The number of nitrogens with two attached hydrogens (primary N) is 1. The van der Waals surface area contributed by atoms with Gasteiger partial charge in [-0.2, -0.15) is 0 Å². The Hall–Kier alpha value is -1.49. The Morgan fingerprint density at radius 2 is 1.94 bits per heavy atom. The van der Waals surface area contributed by atoms with Gasteiger partial charge in [-0.1, -0.05) is 0 Å². The molecule has 5 heteroatoms. The second-order valence-corrected chi connectivity index (χ2v) is 5.12. The number of hydrogen-bond donors (Lipinski definition) is 2. The molecule has 0 bridgehead atoms. The smallest absolute Gasteiger partial charge is 0.309 e. The molecular formula is C13H17F2NO2. The quantitative estimate of drug-likeness (QED) is 0.871. The van der Waals surface area contributed by atoms with Crippen LogP contribution in [0.1, 0.15) is 37.4 Å². The first-order valence-electron chi connectivity index (χ1n) is 5.59. The van der Waals surface area contributed by atoms with Crippen molar-refractivity contribution in [3.05, 3.63) is 34.9 Å². The third-order valence-corrected chi connectivity index (χ3v) is 2.99. The second-order valence-electron chi connectivity index (χ2n) is 5.12. The number of halogens is 2. The molecule has 0 fully saturated rings. The van der Waals surface area contributed by atoms with Gasteiger partial charge in [0.1, 0.15) is 11.6 Å². The number of benzene rings is 1. The molecule has 0 radical (unpaired) electrons. The summed E-state index contributed by atoms with van der Waals surface area (Å²) in [4.78, 5) is 11.0. The van der Waals surface area contributed by atoms with Crippen LogP contribution in [-0.2, 0) is 4.79 Å². The maximum absolute atomic E-state index is 13.7. The van der Waals surface area contributed by atoms with Gasteiger partial charge < -0.3 is 10.8 Å². The second kappa shape index (κ2) is 5.02. The van der Waals surface area contributed by atoms with E-state index >= 15 is 0 Å². The zero-order valence-electron chi connectivity index (χ0n) is 10.6. The first-order chi connectivity index (χ1) is 8.15. The third kappa shape index (κ3) is 3.04. The predicted octanol–water partition coefficient (Wildman–Crippen LogP) is 2.77. The average molecular weight is 257 g/mol. The van der Waals surface area contributed by atoms with Gasteiger partial charge in [0.05, 0.1) is 5.41 Å². The van der Waals surface area contributed by atoms with E-state index in [9.17, 15) is 13.6 Å². The molecule has 0 aromatic heterocycles. The number of carboxylic acids is 1. The molecule has 0 spiro atoms. The number of aryl methyl sites for hydroxylation is 1. The normalized spacial score (nSPS) is 13.4. The van der Waals surface area contributed by atoms with Crippen LogP contribution >= 0.6 is 0 Å². The van der Waals surface area contributed by atoms with E-state index < -0.39 is 29.1 Å². The molecular weight excluding hydrogens is 240 g/mol. The van der Waals surface area contributed by atoms with E-state index in [4.69, 9.17) is 10.8 Å². The van der Waals surface area contributed by atoms with Crippen molar-refractivity contribution in [1.82, 2.24) is 0 Å². The van der Waals surface area contributed by atoms with Crippen molar-refractivity contribution in [1.29, 1.82) is 0 Å². The van der Waals surface area contributed by atoms with E-state index in [1.165, 1.54) is 20.8 Å². The molecule has 100 valence electrons. The lowest BCUT2D eigenvalue weighted by Crippen LogP contribution is -2.29. The van der Waals surface area contributed by atoms with Crippen LogP contribution in [0.4, 0.5) is 8.78 Å². The summed E-state index contributed by atoms with van der Waals surface area (Å²) in [6.45, 7) is 4.45. The summed E-state index contributed by atoms with van der Waals surface area (Å²) in [6, 6.07) is 1.25. The molecule has 18 heavy (non-hydrogen) atoms. The van der Waals surface area contributed by atoms with Crippen LogP contribution in [0, 0.1) is 24.0 Å². The van der Waals surface area contributed by atoms with Gasteiger partial charge in [0.15, 0.2) is 0 Å². The summed E-state index contributed by atoms with van der Waals surface area (Å²) in [7, 11) is 0. The van der Waals surface area contributed by atoms with Crippen molar-refractivity contribution >= 4 is 5.97 Å². The lowest BCUT2D eigenvalue weighted by atomic mass is 9.83. The third-order valence-electron chi connectivity index (χ3n) is 2.99. The first-order valence-corrected chi connectivity index (χ1v) is 5.59. The van der Waals surface area contributed by atoms with Crippen molar-refractivity contribution < 1.29 is 18.7 Å². The zero-order valence-corrected chi connectivity index (χ0v) is 10.6. The van der Waals surface area contributed by atoms with E-state index in [1.807, 2.05) is 0 Å². The van der Waals surface area contributed by atoms with E-state index in [2.05, 4.69) is 0 Å². The molecule has 1 rings (SSSR count). The lowest BCUT2D eigenvalue weighted by Gasteiger charge is -2.24. The van der Waals surface area contributed by atoms with Crippen LogP contribution in [0.2, 0.25) is 0 Å². The minimum absolute atomic E-state index is 0.00688. The van der Waals surface area contributed by atoms with Gasteiger partial charge in [-0.3, -0.25) is 4.79 Å². The largest absolute Gasteiger partial charge is 0.481 e. The number of hydrogen-bond acceptors (Lipinski definition) is 2. The number of carboxylic acid groups (broad SMARTS) is 1. The van der Waals surface area contributed by atoms with E-state index in [0.29, 0.717) is 0 Å². The Labute approximate surface area is 105 Å². The fraction of sp³-hybridized carbons (Fsp3) is 0.462. The Morgan fingerprint density at radius 1 is 1.39 bits per heavy atom. The molecule has 1 aromatic rings. The van der Waals surface area contributed by atoms with Gasteiger partial charge in [0, 0.05) is 11.6 Å². The van der Waals surface area contributed by atoms with Crippen LogP contribution in [0.15, 0.2) is 12.1 Å². The highest BCUT2D eigenvalue weighted by atomic mass is 19.1. The molecule has 0 aliphatic heterocycles. The molecule has 1 aromatic carbocycles. The Kier molecular flexibility index (Phi) is 4.06. The summed E-state index contributed by atoms with van der Waals surface area (Å²) in [5.74, 6) is -2.18. The van der Waals surface area contributed by atoms with Gasteiger partial charge in [0.2, 0.25) is 0 Å². The highest BCUT2D eigenvalue weighted by Gasteiger charge is 2.31. The Morgan fingerprint density at radius 3 is 2.44 bits per heavy atom. The minimum atomic E-state index is -1.09. The van der Waals surface area contributed by atoms with Gasteiger partial charge >= 0.3 is 5.97 Å². The number of aliphatic carboxylic acids is 1. The first kappa shape index (κ1) is 14.6. The van der Waals surface area contributed by atoms with Crippen molar-refractivity contribution in [3.8, 4) is 0 Å². The summed E-state index contributed by atoms with van der Waals surface area (Å²) in [5, 5.41) is 8.98. The zero-order chi connectivity index (χ0) is 14.1.